The van der Waals surface area contributed by atoms with Crippen LogP contribution in [0.2, 0.25) is 10.0 Å². The molecule has 0 bridgehead atoms. The molecule has 0 heterocycles. The second kappa shape index (κ2) is 8.74. The van der Waals surface area contributed by atoms with Gasteiger partial charge in [-0.2, -0.15) is 0 Å². The number of halogens is 2. The molecule has 1 aromatic carbocycles. The van der Waals surface area contributed by atoms with Crippen molar-refractivity contribution in [3.8, 4) is 0 Å². The Labute approximate surface area is 133 Å². The van der Waals surface area contributed by atoms with Crippen molar-refractivity contribution in [2.75, 3.05) is 31.2 Å². The molecule has 21 heavy (non-hydrogen) atoms. The van der Waals surface area contributed by atoms with Crippen LogP contribution in [0.3, 0.4) is 0 Å². The normalized spacial score (nSPS) is 10.1. The molecule has 0 radical (unpaired) electrons. The third kappa shape index (κ3) is 5.44. The summed E-state index contributed by atoms with van der Waals surface area (Å²) < 4.78 is 9.79. The lowest BCUT2D eigenvalue weighted by molar-refractivity contribution is -0.142. The Kier molecular flexibility index (Phi) is 7.32. The molecule has 0 amide bonds. The van der Waals surface area contributed by atoms with E-state index in [1.54, 1.807) is 32.0 Å². The van der Waals surface area contributed by atoms with Crippen LogP contribution in [-0.4, -0.2) is 38.2 Å². The summed E-state index contributed by atoms with van der Waals surface area (Å²) in [4.78, 5) is 24.8. The molecule has 0 aliphatic carbocycles. The van der Waals surface area contributed by atoms with Gasteiger partial charge in [-0.1, -0.05) is 29.3 Å². The molecule has 0 aromatic heterocycles. The zero-order valence-corrected chi connectivity index (χ0v) is 13.4. The number of carbonyl (C=O) groups excluding carboxylic acids is 2. The second-order valence-electron chi connectivity index (χ2n) is 4.04. The van der Waals surface area contributed by atoms with Gasteiger partial charge in [0.2, 0.25) is 0 Å². The van der Waals surface area contributed by atoms with Crippen LogP contribution in [0.25, 0.3) is 0 Å². The fourth-order valence-corrected chi connectivity index (χ4v) is 2.37. The Morgan fingerprint density at radius 2 is 1.43 bits per heavy atom. The fraction of sp³-hybridized carbons (Fsp3) is 0.429. The molecule has 1 rings (SSSR count). The zero-order chi connectivity index (χ0) is 15.8. The third-order valence-corrected chi connectivity index (χ3v) is 3.11. The maximum absolute atomic E-state index is 11.7. The molecule has 5 nitrogen and oxygen atoms in total. The van der Waals surface area contributed by atoms with Gasteiger partial charge >= 0.3 is 11.9 Å². The quantitative estimate of drug-likeness (QED) is 0.718. The van der Waals surface area contributed by atoms with Gasteiger partial charge in [-0.15, -0.1) is 0 Å². The lowest BCUT2D eigenvalue weighted by Crippen LogP contribution is -2.36. The van der Waals surface area contributed by atoms with E-state index in [1.165, 1.54) is 4.90 Å². The predicted octanol–water partition coefficient (Wildman–Crippen LogP) is 2.93. The van der Waals surface area contributed by atoms with Gasteiger partial charge in [0.05, 0.1) is 28.9 Å². The highest BCUT2D eigenvalue weighted by molar-refractivity contribution is 6.39. The fourth-order valence-electron chi connectivity index (χ4n) is 1.73. The van der Waals surface area contributed by atoms with Gasteiger partial charge in [-0.25, -0.2) is 0 Å². The number of rotatable bonds is 7. The SMILES string of the molecule is CCOC(=O)CN(CC(=O)OCC)c1c(Cl)cccc1Cl. The van der Waals surface area contributed by atoms with Crippen molar-refractivity contribution in [3.05, 3.63) is 28.2 Å². The molecule has 0 atom stereocenters. The van der Waals surface area contributed by atoms with E-state index in [0.29, 0.717) is 15.7 Å². The van der Waals surface area contributed by atoms with Crippen LogP contribution in [0.15, 0.2) is 18.2 Å². The molecule has 0 N–H and O–H groups in total. The summed E-state index contributed by atoms with van der Waals surface area (Å²) in [6.45, 7) is 3.63. The summed E-state index contributed by atoms with van der Waals surface area (Å²) in [6.07, 6.45) is 0. The van der Waals surface area contributed by atoms with Crippen LogP contribution in [-0.2, 0) is 19.1 Å². The van der Waals surface area contributed by atoms with E-state index in [9.17, 15) is 9.59 Å². The maximum atomic E-state index is 11.7. The smallest absolute Gasteiger partial charge is 0.325 e. The minimum atomic E-state index is -0.474. The first-order valence-electron chi connectivity index (χ1n) is 6.49. The number of carbonyl (C=O) groups is 2. The molecule has 0 saturated carbocycles. The van der Waals surface area contributed by atoms with Gasteiger partial charge in [-0.05, 0) is 26.0 Å². The van der Waals surface area contributed by atoms with Crippen molar-refractivity contribution in [2.45, 2.75) is 13.8 Å². The summed E-state index contributed by atoms with van der Waals surface area (Å²) in [5, 5.41) is 0.687. The highest BCUT2D eigenvalue weighted by atomic mass is 35.5. The van der Waals surface area contributed by atoms with E-state index in [1.807, 2.05) is 0 Å². The number of hydrogen-bond donors (Lipinski definition) is 0. The number of nitrogens with zero attached hydrogens (tertiary/aromatic N) is 1. The predicted molar refractivity (Wildman–Crippen MR) is 81.9 cm³/mol. The maximum Gasteiger partial charge on any atom is 0.325 e. The Morgan fingerprint density at radius 1 is 1.00 bits per heavy atom. The first kappa shape index (κ1) is 17.6. The number of esters is 2. The number of ether oxygens (including phenoxy) is 2. The van der Waals surface area contributed by atoms with E-state index in [0.717, 1.165) is 0 Å². The summed E-state index contributed by atoms with van der Waals surface area (Å²) >= 11 is 12.2. The molecule has 0 fully saturated rings. The second-order valence-corrected chi connectivity index (χ2v) is 4.85. The van der Waals surface area contributed by atoms with Crippen molar-refractivity contribution in [1.82, 2.24) is 0 Å². The number of anilines is 1. The van der Waals surface area contributed by atoms with Crippen molar-refractivity contribution >= 4 is 40.8 Å². The Bertz CT molecular complexity index is 467. The summed E-state index contributed by atoms with van der Waals surface area (Å²) in [5.74, 6) is -0.949. The molecule has 0 aliphatic heterocycles. The molecule has 0 unspecified atom stereocenters. The standard InChI is InChI=1S/C14H17Cl2NO4/c1-3-20-12(18)8-17(9-13(19)21-4-2)14-10(15)6-5-7-11(14)16/h5-7H,3-4,8-9H2,1-2H3. The van der Waals surface area contributed by atoms with E-state index >= 15 is 0 Å². The lowest BCUT2D eigenvalue weighted by Gasteiger charge is -2.24. The van der Waals surface area contributed by atoms with Gasteiger partial charge in [0.25, 0.3) is 0 Å². The monoisotopic (exact) mass is 333 g/mol. The van der Waals surface area contributed by atoms with Gasteiger partial charge in [0, 0.05) is 0 Å². The van der Waals surface area contributed by atoms with Crippen LogP contribution in [0, 0.1) is 0 Å². The summed E-state index contributed by atoms with van der Waals surface area (Å²) in [5.41, 5.74) is 0.405. The lowest BCUT2D eigenvalue weighted by atomic mass is 10.2. The van der Waals surface area contributed by atoms with Gasteiger partial charge in [0.15, 0.2) is 0 Å². The number of benzene rings is 1. The van der Waals surface area contributed by atoms with Crippen molar-refractivity contribution in [2.24, 2.45) is 0 Å². The molecular weight excluding hydrogens is 317 g/mol. The zero-order valence-electron chi connectivity index (χ0n) is 11.9. The van der Waals surface area contributed by atoms with Crippen LogP contribution in [0.5, 0.6) is 0 Å². The van der Waals surface area contributed by atoms with Crippen LogP contribution in [0.4, 0.5) is 5.69 Å². The van der Waals surface area contributed by atoms with Crippen molar-refractivity contribution < 1.29 is 19.1 Å². The Balaban J connectivity index is 3.00. The topological polar surface area (TPSA) is 55.8 Å². The van der Waals surface area contributed by atoms with Crippen LogP contribution < -0.4 is 4.90 Å². The third-order valence-electron chi connectivity index (χ3n) is 2.50. The first-order chi connectivity index (χ1) is 9.99. The average molecular weight is 334 g/mol. The van der Waals surface area contributed by atoms with Crippen molar-refractivity contribution in [3.63, 3.8) is 0 Å². The number of hydrogen-bond acceptors (Lipinski definition) is 5. The van der Waals surface area contributed by atoms with E-state index < -0.39 is 11.9 Å². The summed E-state index contributed by atoms with van der Waals surface area (Å²) in [7, 11) is 0. The Hall–Kier alpha value is -1.46. The minimum Gasteiger partial charge on any atom is -0.465 e. The first-order valence-corrected chi connectivity index (χ1v) is 7.25. The Morgan fingerprint density at radius 3 is 1.81 bits per heavy atom. The molecule has 116 valence electrons. The number of para-hydroxylation sites is 1. The molecular formula is C14H17Cl2NO4. The summed E-state index contributed by atoms with van der Waals surface area (Å²) in [6, 6.07) is 4.94. The van der Waals surface area contributed by atoms with Crippen LogP contribution >= 0.6 is 23.2 Å². The molecule has 0 saturated heterocycles. The highest BCUT2D eigenvalue weighted by Gasteiger charge is 2.21. The van der Waals surface area contributed by atoms with Gasteiger partial charge in [0.1, 0.15) is 13.1 Å². The molecule has 0 spiro atoms. The largest absolute Gasteiger partial charge is 0.465 e. The molecule has 7 heteroatoms. The van der Waals surface area contributed by atoms with Crippen LogP contribution in [0.1, 0.15) is 13.8 Å². The van der Waals surface area contributed by atoms with E-state index in [-0.39, 0.29) is 26.3 Å². The average Bonchev–Trinajstić information content (AvgIpc) is 2.38. The molecule has 0 aliphatic rings. The van der Waals surface area contributed by atoms with Gasteiger partial charge < -0.3 is 14.4 Å². The highest BCUT2D eigenvalue weighted by Crippen LogP contribution is 2.33. The van der Waals surface area contributed by atoms with E-state index in [2.05, 4.69) is 0 Å². The van der Waals surface area contributed by atoms with Gasteiger partial charge in [-0.3, -0.25) is 9.59 Å². The minimum absolute atomic E-state index is 0.143. The van der Waals surface area contributed by atoms with Crippen molar-refractivity contribution in [1.29, 1.82) is 0 Å². The van der Waals surface area contributed by atoms with E-state index in [4.69, 9.17) is 32.7 Å². The molecule has 1 aromatic rings.